The predicted octanol–water partition coefficient (Wildman–Crippen LogP) is 4.42. The summed E-state index contributed by atoms with van der Waals surface area (Å²) in [4.78, 5) is 23.2. The summed E-state index contributed by atoms with van der Waals surface area (Å²) in [6.07, 6.45) is 7.37. The minimum atomic E-state index is -0.301. The number of hydrogen-bond donors (Lipinski definition) is 2. The lowest BCUT2D eigenvalue weighted by Crippen LogP contribution is -2.29. The molecule has 0 aromatic carbocycles. The second-order valence-corrected chi connectivity index (χ2v) is 9.80. The van der Waals surface area contributed by atoms with Gasteiger partial charge in [0.05, 0.1) is 44.6 Å². The van der Waals surface area contributed by atoms with Crippen LogP contribution in [-0.2, 0) is 0 Å². The molecule has 0 aliphatic carbocycles. The number of hydrogen-bond acceptors (Lipinski definition) is 7. The van der Waals surface area contributed by atoms with Gasteiger partial charge in [-0.05, 0) is 30.5 Å². The molecule has 0 radical (unpaired) electrons. The van der Waals surface area contributed by atoms with Crippen molar-refractivity contribution in [1.82, 2.24) is 44.9 Å². The largest absolute Gasteiger partial charge is 0.342 e. The maximum atomic E-state index is 13.4. The van der Waals surface area contributed by atoms with Gasteiger partial charge in [-0.15, -0.1) is 16.4 Å². The molecule has 0 fully saturated rings. The number of aromatic amines is 1. The Morgan fingerprint density at radius 3 is 2.79 bits per heavy atom. The van der Waals surface area contributed by atoms with E-state index in [0.29, 0.717) is 33.5 Å². The SMILES string of the molecule is CCC(NC(=O)c1cc(-n2nncc2C(C)C)c2ncc(-c3ccc(Cl)s3)n2c1)c1ncn[nH]1. The van der Waals surface area contributed by atoms with Crippen molar-refractivity contribution in [2.75, 3.05) is 0 Å². The van der Waals surface area contributed by atoms with Gasteiger partial charge in [0.1, 0.15) is 17.8 Å². The standard InChI is InChI=1S/C22H22ClN9OS/c1-4-14(20-25-11-27-29-20)28-22(33)13-7-15(32-16(12(2)3)9-26-30-32)21-24-8-17(31(21)10-13)18-5-6-19(23)34-18/h5-12,14H,4H2,1-3H3,(H,28,33)(H,25,27,29). The summed E-state index contributed by atoms with van der Waals surface area (Å²) >= 11 is 7.64. The van der Waals surface area contributed by atoms with Gasteiger partial charge in [0.2, 0.25) is 0 Å². The zero-order valence-corrected chi connectivity index (χ0v) is 20.3. The molecule has 0 saturated heterocycles. The van der Waals surface area contributed by atoms with Crippen LogP contribution in [0.1, 0.15) is 61.0 Å². The highest BCUT2D eigenvalue weighted by Crippen LogP contribution is 2.33. The number of carbonyl (C=O) groups is 1. The van der Waals surface area contributed by atoms with E-state index in [4.69, 9.17) is 11.6 Å². The second-order valence-electron chi connectivity index (χ2n) is 8.09. The van der Waals surface area contributed by atoms with Crippen molar-refractivity contribution in [3.05, 3.63) is 64.5 Å². The van der Waals surface area contributed by atoms with E-state index in [9.17, 15) is 4.79 Å². The van der Waals surface area contributed by atoms with E-state index in [1.807, 2.05) is 23.5 Å². The molecule has 2 N–H and O–H groups in total. The third kappa shape index (κ3) is 3.97. The Hall–Kier alpha value is -3.57. The summed E-state index contributed by atoms with van der Waals surface area (Å²) in [6.45, 7) is 6.11. The van der Waals surface area contributed by atoms with Crippen LogP contribution in [0.3, 0.4) is 0 Å². The second kappa shape index (κ2) is 8.99. The Morgan fingerprint density at radius 1 is 1.26 bits per heavy atom. The molecular formula is C22H22ClN9OS. The van der Waals surface area contributed by atoms with E-state index in [1.54, 1.807) is 29.3 Å². The highest BCUT2D eigenvalue weighted by Gasteiger charge is 2.22. The highest BCUT2D eigenvalue weighted by molar-refractivity contribution is 7.19. The Bertz CT molecular complexity index is 1450. The van der Waals surface area contributed by atoms with Gasteiger partial charge in [-0.1, -0.05) is 37.6 Å². The predicted molar refractivity (Wildman–Crippen MR) is 129 cm³/mol. The van der Waals surface area contributed by atoms with Gasteiger partial charge in [0.15, 0.2) is 5.65 Å². The quantitative estimate of drug-likeness (QED) is 0.345. The molecule has 5 rings (SSSR count). The number of pyridine rings is 1. The van der Waals surface area contributed by atoms with Gasteiger partial charge in [-0.2, -0.15) is 5.10 Å². The molecule has 12 heteroatoms. The number of nitrogens with zero attached hydrogens (tertiary/aromatic N) is 7. The van der Waals surface area contributed by atoms with Crippen LogP contribution in [0.25, 0.3) is 21.9 Å². The first-order valence-corrected chi connectivity index (χ1v) is 12.0. The van der Waals surface area contributed by atoms with Crippen LogP contribution in [0.4, 0.5) is 0 Å². The van der Waals surface area contributed by atoms with Crippen molar-refractivity contribution in [2.24, 2.45) is 0 Å². The first-order valence-electron chi connectivity index (χ1n) is 10.8. The summed E-state index contributed by atoms with van der Waals surface area (Å²) in [5, 5.41) is 18.2. The van der Waals surface area contributed by atoms with Gasteiger partial charge in [-0.3, -0.25) is 14.3 Å². The number of carbonyl (C=O) groups excluding carboxylic acids is 1. The summed E-state index contributed by atoms with van der Waals surface area (Å²) < 4.78 is 4.31. The molecule has 34 heavy (non-hydrogen) atoms. The molecule has 5 aromatic rings. The lowest BCUT2D eigenvalue weighted by Gasteiger charge is -2.16. The monoisotopic (exact) mass is 495 g/mol. The Kier molecular flexibility index (Phi) is 5.88. The smallest absolute Gasteiger partial charge is 0.253 e. The molecule has 1 unspecified atom stereocenters. The van der Waals surface area contributed by atoms with Gasteiger partial charge in [0, 0.05) is 6.20 Å². The van der Waals surface area contributed by atoms with Crippen LogP contribution in [0.5, 0.6) is 0 Å². The van der Waals surface area contributed by atoms with Crippen LogP contribution >= 0.6 is 22.9 Å². The molecule has 0 spiro atoms. The molecule has 0 aliphatic heterocycles. The van der Waals surface area contributed by atoms with Gasteiger partial charge in [-0.25, -0.2) is 14.6 Å². The number of H-pyrrole nitrogens is 1. The molecule has 0 bridgehead atoms. The molecule has 5 heterocycles. The summed E-state index contributed by atoms with van der Waals surface area (Å²) in [7, 11) is 0. The lowest BCUT2D eigenvalue weighted by molar-refractivity contribution is 0.0933. The van der Waals surface area contributed by atoms with E-state index in [0.717, 1.165) is 16.3 Å². The fourth-order valence-corrected chi connectivity index (χ4v) is 4.85. The van der Waals surface area contributed by atoms with Crippen LogP contribution in [0.2, 0.25) is 4.34 Å². The van der Waals surface area contributed by atoms with Crippen molar-refractivity contribution >= 4 is 34.5 Å². The zero-order chi connectivity index (χ0) is 23.8. The first kappa shape index (κ1) is 22.2. The van der Waals surface area contributed by atoms with E-state index in [-0.39, 0.29) is 17.9 Å². The van der Waals surface area contributed by atoms with E-state index in [2.05, 4.69) is 49.6 Å². The van der Waals surface area contributed by atoms with Crippen LogP contribution in [0.15, 0.2) is 43.1 Å². The molecule has 5 aromatic heterocycles. The number of thiophene rings is 1. The average Bonchev–Trinajstić information content (AvgIpc) is 3.62. The molecule has 1 atom stereocenters. The van der Waals surface area contributed by atoms with Gasteiger partial charge < -0.3 is 5.32 Å². The number of amides is 1. The van der Waals surface area contributed by atoms with E-state index in [1.165, 1.54) is 17.7 Å². The van der Waals surface area contributed by atoms with Gasteiger partial charge >= 0.3 is 0 Å². The minimum absolute atomic E-state index is 0.175. The lowest BCUT2D eigenvalue weighted by atomic mass is 10.1. The summed E-state index contributed by atoms with van der Waals surface area (Å²) in [5.74, 6) is 0.530. The third-order valence-electron chi connectivity index (χ3n) is 5.55. The van der Waals surface area contributed by atoms with E-state index >= 15 is 0 Å². The van der Waals surface area contributed by atoms with Crippen molar-refractivity contribution < 1.29 is 4.79 Å². The van der Waals surface area contributed by atoms with E-state index < -0.39 is 0 Å². The molecule has 0 aliphatic rings. The number of aromatic nitrogens is 8. The maximum Gasteiger partial charge on any atom is 0.253 e. The number of fused-ring (bicyclic) bond motifs is 1. The first-order chi connectivity index (χ1) is 16.5. The normalized spacial score (nSPS) is 12.5. The Balaban J connectivity index is 1.65. The Labute approximate surface area is 204 Å². The summed E-state index contributed by atoms with van der Waals surface area (Å²) in [6, 6.07) is 5.27. The van der Waals surface area contributed by atoms with Crippen LogP contribution in [0, 0.1) is 0 Å². The average molecular weight is 496 g/mol. The van der Waals surface area contributed by atoms with Crippen molar-refractivity contribution in [3.8, 4) is 16.3 Å². The third-order valence-corrected chi connectivity index (χ3v) is 6.80. The topological polar surface area (TPSA) is 119 Å². The minimum Gasteiger partial charge on any atom is -0.342 e. The number of nitrogens with one attached hydrogen (secondary N) is 2. The Morgan fingerprint density at radius 2 is 2.12 bits per heavy atom. The van der Waals surface area contributed by atoms with Crippen LogP contribution < -0.4 is 5.32 Å². The highest BCUT2D eigenvalue weighted by atomic mass is 35.5. The van der Waals surface area contributed by atoms with Crippen molar-refractivity contribution in [2.45, 2.75) is 39.2 Å². The van der Waals surface area contributed by atoms with Crippen molar-refractivity contribution in [1.29, 1.82) is 0 Å². The number of rotatable bonds is 7. The molecule has 1 amide bonds. The summed E-state index contributed by atoms with van der Waals surface area (Å²) in [5.41, 5.74) is 3.52. The van der Waals surface area contributed by atoms with Gasteiger partial charge in [0.25, 0.3) is 5.91 Å². The van der Waals surface area contributed by atoms with Crippen molar-refractivity contribution in [3.63, 3.8) is 0 Å². The molecule has 10 nitrogen and oxygen atoms in total. The molecule has 0 saturated carbocycles. The number of halogens is 1. The fraction of sp³-hybridized carbons (Fsp3) is 0.273. The molecule has 174 valence electrons. The maximum absolute atomic E-state index is 13.4. The molecular weight excluding hydrogens is 474 g/mol. The van der Waals surface area contributed by atoms with Crippen LogP contribution in [-0.4, -0.2) is 45.5 Å². The zero-order valence-electron chi connectivity index (χ0n) is 18.7. The number of imidazole rings is 1. The fourth-order valence-electron chi connectivity index (χ4n) is 3.80.